The van der Waals surface area contributed by atoms with Crippen LogP contribution in [0.25, 0.3) is 66.1 Å². The van der Waals surface area contributed by atoms with Gasteiger partial charge in [0.1, 0.15) is 0 Å². The van der Waals surface area contributed by atoms with Gasteiger partial charge in [0, 0.05) is 22.2 Å². The van der Waals surface area contributed by atoms with Gasteiger partial charge in [-0.25, -0.2) is 0 Å². The van der Waals surface area contributed by atoms with Crippen molar-refractivity contribution in [2.24, 2.45) is 0 Å². The van der Waals surface area contributed by atoms with E-state index in [1.807, 2.05) is 0 Å². The quantitative estimate of drug-likeness (QED) is 0.157. The van der Waals surface area contributed by atoms with E-state index in [-0.39, 0.29) is 5.41 Å². The molecular weight excluding hydrogens is 711 g/mol. The second kappa shape index (κ2) is 14.2. The van der Waals surface area contributed by atoms with Crippen molar-refractivity contribution in [3.63, 3.8) is 0 Å². The number of hydrogen-bond acceptors (Lipinski definition) is 1. The molecule has 1 heteroatoms. The predicted molar refractivity (Wildman–Crippen MR) is 250 cm³/mol. The minimum atomic E-state index is -0.314. The van der Waals surface area contributed by atoms with Gasteiger partial charge in [-0.3, -0.25) is 0 Å². The van der Waals surface area contributed by atoms with Crippen LogP contribution in [0.3, 0.4) is 0 Å². The van der Waals surface area contributed by atoms with Gasteiger partial charge in [0.25, 0.3) is 0 Å². The number of hydrogen-bond donors (Lipinski definition) is 0. The molecule has 1 unspecified atom stereocenters. The van der Waals surface area contributed by atoms with Crippen molar-refractivity contribution in [2.45, 2.75) is 12.3 Å². The summed E-state index contributed by atoms with van der Waals surface area (Å²) in [4.78, 5) is 2.49. The molecule has 278 valence electrons. The van der Waals surface area contributed by atoms with Crippen molar-refractivity contribution in [1.29, 1.82) is 0 Å². The molecule has 0 N–H and O–H groups in total. The first-order valence-electron chi connectivity index (χ1n) is 20.5. The molecular formula is C58H41N. The third-order valence-electron chi connectivity index (χ3n) is 12.6. The van der Waals surface area contributed by atoms with E-state index in [1.54, 1.807) is 0 Å². The van der Waals surface area contributed by atoms with E-state index < -0.39 is 0 Å². The molecule has 0 bridgehead atoms. The van der Waals surface area contributed by atoms with Gasteiger partial charge in [-0.2, -0.15) is 0 Å². The van der Waals surface area contributed by atoms with E-state index in [2.05, 4.69) is 242 Å². The highest BCUT2D eigenvalue weighted by atomic mass is 15.1. The topological polar surface area (TPSA) is 3.24 Å². The Hall–Kier alpha value is -7.48. The third kappa shape index (κ3) is 5.77. The molecule has 0 radical (unpaired) electrons. The first-order chi connectivity index (χ1) is 29.1. The first kappa shape index (κ1) is 34.7. The number of anilines is 3. The van der Waals surface area contributed by atoms with Crippen LogP contribution in [-0.2, 0) is 5.41 Å². The lowest BCUT2D eigenvalue weighted by atomic mass is 9.74. The van der Waals surface area contributed by atoms with Gasteiger partial charge in [-0.15, -0.1) is 0 Å². The highest BCUT2D eigenvalue weighted by Crippen LogP contribution is 2.57. The molecule has 1 aliphatic rings. The summed E-state index contributed by atoms with van der Waals surface area (Å²) in [7, 11) is 0. The standard InChI is InChI=1S/C58H41N/c1-58(47-19-3-2-4-20-47)53-25-11-9-23-52(53)57-54(58)26-14-28-56(57)59(48-37-35-41(36-38-48)46-34-29-40-15-5-6-17-45(40)39-46)55-27-12-10-22-51(55)44-32-30-43(31-33-44)50-24-13-18-42-16-7-8-21-49(42)50/h2-39H,1H3. The highest BCUT2D eigenvalue weighted by Gasteiger charge is 2.42. The van der Waals surface area contributed by atoms with E-state index in [4.69, 9.17) is 0 Å². The Kier molecular flexibility index (Phi) is 8.34. The molecule has 0 fully saturated rings. The van der Waals surface area contributed by atoms with Crippen LogP contribution in [0.15, 0.2) is 231 Å². The number of fused-ring (bicyclic) bond motifs is 5. The molecule has 0 saturated heterocycles. The van der Waals surface area contributed by atoms with E-state index in [0.29, 0.717) is 0 Å². The number of para-hydroxylation sites is 1. The van der Waals surface area contributed by atoms with Crippen LogP contribution in [0.5, 0.6) is 0 Å². The lowest BCUT2D eigenvalue weighted by molar-refractivity contribution is 0.714. The first-order valence-corrected chi connectivity index (χ1v) is 20.5. The second-order valence-corrected chi connectivity index (χ2v) is 15.8. The molecule has 10 aromatic carbocycles. The van der Waals surface area contributed by atoms with Crippen molar-refractivity contribution < 1.29 is 0 Å². The Balaban J connectivity index is 1.09. The molecule has 59 heavy (non-hydrogen) atoms. The van der Waals surface area contributed by atoms with Crippen molar-refractivity contribution in [3.8, 4) is 44.5 Å². The lowest BCUT2D eigenvalue weighted by Gasteiger charge is -2.31. The zero-order valence-electron chi connectivity index (χ0n) is 32.9. The Morgan fingerprint density at radius 1 is 0.339 bits per heavy atom. The molecule has 0 spiro atoms. The summed E-state index contributed by atoms with van der Waals surface area (Å²) in [5.41, 5.74) is 16.8. The molecule has 0 heterocycles. The zero-order valence-corrected chi connectivity index (χ0v) is 32.9. The maximum atomic E-state index is 2.49. The van der Waals surface area contributed by atoms with E-state index in [9.17, 15) is 0 Å². The summed E-state index contributed by atoms with van der Waals surface area (Å²) in [6.45, 7) is 2.39. The molecule has 1 aliphatic carbocycles. The van der Waals surface area contributed by atoms with Crippen LogP contribution in [0.4, 0.5) is 17.1 Å². The Morgan fingerprint density at radius 3 is 1.69 bits per heavy atom. The molecule has 1 atom stereocenters. The SMILES string of the molecule is CC1(c2ccccc2)c2ccccc2-c2c(N(c3ccc(-c4ccc5ccccc5c4)cc3)c3ccccc3-c3ccc(-c4cccc5ccccc45)cc3)cccc21. The fraction of sp³-hybridized carbons (Fsp3) is 0.0345. The average molecular weight is 752 g/mol. The summed E-state index contributed by atoms with van der Waals surface area (Å²) in [6.07, 6.45) is 0. The van der Waals surface area contributed by atoms with Gasteiger partial charge in [0.2, 0.25) is 0 Å². The number of rotatable bonds is 7. The van der Waals surface area contributed by atoms with Crippen molar-refractivity contribution >= 4 is 38.6 Å². The van der Waals surface area contributed by atoms with Crippen LogP contribution < -0.4 is 4.90 Å². The molecule has 0 amide bonds. The van der Waals surface area contributed by atoms with Gasteiger partial charge in [-0.05, 0) is 109 Å². The van der Waals surface area contributed by atoms with Crippen molar-refractivity contribution in [3.05, 3.63) is 247 Å². The van der Waals surface area contributed by atoms with Gasteiger partial charge in [0.05, 0.1) is 11.4 Å². The Morgan fingerprint density at radius 2 is 0.881 bits per heavy atom. The maximum Gasteiger partial charge on any atom is 0.0543 e. The average Bonchev–Trinajstić information content (AvgIpc) is 3.58. The fourth-order valence-corrected chi connectivity index (χ4v) is 9.59. The van der Waals surface area contributed by atoms with Crippen LogP contribution in [0.2, 0.25) is 0 Å². The number of benzene rings is 10. The second-order valence-electron chi connectivity index (χ2n) is 15.8. The fourth-order valence-electron chi connectivity index (χ4n) is 9.59. The minimum Gasteiger partial charge on any atom is -0.309 e. The van der Waals surface area contributed by atoms with Gasteiger partial charge >= 0.3 is 0 Å². The monoisotopic (exact) mass is 751 g/mol. The Bertz CT molecular complexity index is 3150. The molecule has 0 aliphatic heterocycles. The van der Waals surface area contributed by atoms with Crippen LogP contribution in [0.1, 0.15) is 23.6 Å². The van der Waals surface area contributed by atoms with Crippen molar-refractivity contribution in [1.82, 2.24) is 0 Å². The lowest BCUT2D eigenvalue weighted by Crippen LogP contribution is -2.22. The highest BCUT2D eigenvalue weighted by molar-refractivity contribution is 6.00. The summed E-state index contributed by atoms with van der Waals surface area (Å²) in [5.74, 6) is 0. The van der Waals surface area contributed by atoms with Gasteiger partial charge < -0.3 is 4.90 Å². The summed E-state index contributed by atoms with van der Waals surface area (Å²) in [5, 5.41) is 5.02. The van der Waals surface area contributed by atoms with Crippen LogP contribution in [0, 0.1) is 0 Å². The van der Waals surface area contributed by atoms with Crippen molar-refractivity contribution in [2.75, 3.05) is 4.90 Å². The maximum absolute atomic E-state index is 2.49. The molecule has 1 nitrogen and oxygen atoms in total. The van der Waals surface area contributed by atoms with Crippen LogP contribution in [-0.4, -0.2) is 0 Å². The largest absolute Gasteiger partial charge is 0.309 e. The molecule has 0 aromatic heterocycles. The van der Waals surface area contributed by atoms with Gasteiger partial charge in [0.15, 0.2) is 0 Å². The van der Waals surface area contributed by atoms with E-state index in [1.165, 1.54) is 82.7 Å². The smallest absolute Gasteiger partial charge is 0.0543 e. The van der Waals surface area contributed by atoms with E-state index in [0.717, 1.165) is 17.1 Å². The molecule has 10 aromatic rings. The normalized spacial score (nSPS) is 14.3. The predicted octanol–water partition coefficient (Wildman–Crippen LogP) is 15.8. The Labute approximate surface area is 346 Å². The molecule has 0 saturated carbocycles. The molecule has 11 rings (SSSR count). The summed E-state index contributed by atoms with van der Waals surface area (Å²) in [6, 6.07) is 84.6. The zero-order chi connectivity index (χ0) is 39.3. The minimum absolute atomic E-state index is 0.314. The van der Waals surface area contributed by atoms with Gasteiger partial charge in [-0.1, -0.05) is 200 Å². The third-order valence-corrected chi connectivity index (χ3v) is 12.6. The van der Waals surface area contributed by atoms with Crippen LogP contribution >= 0.6 is 0 Å². The number of nitrogens with zero attached hydrogens (tertiary/aromatic N) is 1. The summed E-state index contributed by atoms with van der Waals surface area (Å²) < 4.78 is 0. The summed E-state index contributed by atoms with van der Waals surface area (Å²) >= 11 is 0. The van der Waals surface area contributed by atoms with E-state index >= 15 is 0 Å².